The maximum Gasteiger partial charge on any atom is 0.139 e. The molecule has 0 bridgehead atoms. The zero-order valence-corrected chi connectivity index (χ0v) is 13.2. The topological polar surface area (TPSA) is 43.1 Å². The molecule has 0 saturated heterocycles. The number of Topliss-reactive ketones (excluding diaryl/α,β-unsaturated/α-hetero) is 1. The summed E-state index contributed by atoms with van der Waals surface area (Å²) in [6, 6.07) is 14.9. The SMILES string of the molecule is NC(CC(=O)Cc1ccc(Br)cc1Cl)c1ccccc1. The highest BCUT2D eigenvalue weighted by molar-refractivity contribution is 9.10. The summed E-state index contributed by atoms with van der Waals surface area (Å²) in [5, 5.41) is 0.598. The van der Waals surface area contributed by atoms with Gasteiger partial charge in [0.2, 0.25) is 0 Å². The molecule has 1 atom stereocenters. The average molecular weight is 353 g/mol. The predicted octanol–water partition coefficient (Wildman–Crippen LogP) is 4.30. The van der Waals surface area contributed by atoms with Crippen molar-refractivity contribution in [2.75, 3.05) is 0 Å². The maximum atomic E-state index is 12.1. The first-order valence-corrected chi connectivity index (χ1v) is 7.49. The van der Waals surface area contributed by atoms with Crippen LogP contribution in [0.3, 0.4) is 0 Å². The second-order valence-corrected chi connectivity index (χ2v) is 6.00. The Labute approximate surface area is 132 Å². The van der Waals surface area contributed by atoms with Crippen molar-refractivity contribution in [1.29, 1.82) is 0 Å². The molecule has 2 nitrogen and oxygen atoms in total. The fourth-order valence-electron chi connectivity index (χ4n) is 2.01. The molecule has 1 unspecified atom stereocenters. The van der Waals surface area contributed by atoms with Gasteiger partial charge in [-0.05, 0) is 23.3 Å². The maximum absolute atomic E-state index is 12.1. The molecule has 2 N–H and O–H groups in total. The van der Waals surface area contributed by atoms with Gasteiger partial charge in [0.1, 0.15) is 5.78 Å². The highest BCUT2D eigenvalue weighted by Crippen LogP contribution is 2.23. The molecule has 0 aliphatic carbocycles. The summed E-state index contributed by atoms with van der Waals surface area (Å²) in [6.45, 7) is 0. The van der Waals surface area contributed by atoms with Gasteiger partial charge in [0.15, 0.2) is 0 Å². The fourth-order valence-corrected chi connectivity index (χ4v) is 2.75. The number of benzene rings is 2. The second-order valence-electron chi connectivity index (χ2n) is 4.67. The second kappa shape index (κ2) is 7.02. The molecule has 0 radical (unpaired) electrons. The molecule has 0 amide bonds. The minimum Gasteiger partial charge on any atom is -0.324 e. The van der Waals surface area contributed by atoms with Gasteiger partial charge in [-0.2, -0.15) is 0 Å². The Morgan fingerprint density at radius 1 is 1.20 bits per heavy atom. The third-order valence-electron chi connectivity index (χ3n) is 3.08. The van der Waals surface area contributed by atoms with Gasteiger partial charge in [-0.1, -0.05) is 63.9 Å². The van der Waals surface area contributed by atoms with E-state index in [1.54, 1.807) is 6.07 Å². The van der Waals surface area contributed by atoms with Crippen LogP contribution in [0.2, 0.25) is 5.02 Å². The van der Waals surface area contributed by atoms with E-state index >= 15 is 0 Å². The first-order chi connectivity index (χ1) is 9.56. The van der Waals surface area contributed by atoms with Crippen LogP contribution in [0, 0.1) is 0 Å². The number of carbonyl (C=O) groups is 1. The van der Waals surface area contributed by atoms with Crippen LogP contribution in [0.5, 0.6) is 0 Å². The van der Waals surface area contributed by atoms with Crippen molar-refractivity contribution in [1.82, 2.24) is 0 Å². The van der Waals surface area contributed by atoms with E-state index in [1.807, 2.05) is 42.5 Å². The van der Waals surface area contributed by atoms with Crippen molar-refractivity contribution in [3.63, 3.8) is 0 Å². The van der Waals surface area contributed by atoms with Gasteiger partial charge in [0.05, 0.1) is 0 Å². The van der Waals surface area contributed by atoms with E-state index in [0.29, 0.717) is 17.9 Å². The molecule has 104 valence electrons. The lowest BCUT2D eigenvalue weighted by molar-refractivity contribution is -0.118. The normalized spacial score (nSPS) is 12.2. The number of hydrogen-bond donors (Lipinski definition) is 1. The van der Waals surface area contributed by atoms with Crippen LogP contribution in [-0.2, 0) is 11.2 Å². The zero-order valence-electron chi connectivity index (χ0n) is 10.9. The van der Waals surface area contributed by atoms with Crippen molar-refractivity contribution in [3.05, 3.63) is 69.2 Å². The van der Waals surface area contributed by atoms with Crippen molar-refractivity contribution < 1.29 is 4.79 Å². The summed E-state index contributed by atoms with van der Waals surface area (Å²) >= 11 is 9.46. The van der Waals surface area contributed by atoms with E-state index < -0.39 is 0 Å². The lowest BCUT2D eigenvalue weighted by atomic mass is 9.99. The molecule has 4 heteroatoms. The van der Waals surface area contributed by atoms with Crippen LogP contribution in [0.1, 0.15) is 23.6 Å². The Kier molecular flexibility index (Phi) is 5.35. The Balaban J connectivity index is 1.99. The third kappa shape index (κ3) is 4.17. The van der Waals surface area contributed by atoms with Crippen LogP contribution in [0.25, 0.3) is 0 Å². The fraction of sp³-hybridized carbons (Fsp3) is 0.188. The van der Waals surface area contributed by atoms with E-state index in [2.05, 4.69) is 15.9 Å². The smallest absolute Gasteiger partial charge is 0.139 e. The minimum atomic E-state index is -0.266. The summed E-state index contributed by atoms with van der Waals surface area (Å²) < 4.78 is 0.902. The van der Waals surface area contributed by atoms with Gasteiger partial charge < -0.3 is 5.73 Å². The largest absolute Gasteiger partial charge is 0.324 e. The van der Waals surface area contributed by atoms with Crippen LogP contribution in [0.4, 0.5) is 0 Å². The zero-order chi connectivity index (χ0) is 14.5. The van der Waals surface area contributed by atoms with E-state index in [1.165, 1.54) is 0 Å². The van der Waals surface area contributed by atoms with Gasteiger partial charge in [0.25, 0.3) is 0 Å². The van der Waals surface area contributed by atoms with Crippen LogP contribution in [0.15, 0.2) is 53.0 Å². The quantitative estimate of drug-likeness (QED) is 0.871. The predicted molar refractivity (Wildman–Crippen MR) is 85.9 cm³/mol. The first kappa shape index (κ1) is 15.2. The molecule has 0 aliphatic rings. The average Bonchev–Trinajstić information content (AvgIpc) is 2.43. The number of rotatable bonds is 5. The Morgan fingerprint density at radius 2 is 1.90 bits per heavy atom. The standard InChI is InChI=1S/C16H15BrClNO/c17-13-7-6-12(15(18)9-13)8-14(20)10-16(19)11-4-2-1-3-5-11/h1-7,9,16H,8,10,19H2. The van der Waals surface area contributed by atoms with Crippen molar-refractivity contribution >= 4 is 33.3 Å². The first-order valence-electron chi connectivity index (χ1n) is 6.32. The molecular formula is C16H15BrClNO. The van der Waals surface area contributed by atoms with Crippen LogP contribution < -0.4 is 5.73 Å². The number of hydrogen-bond acceptors (Lipinski definition) is 2. The number of halogens is 2. The summed E-state index contributed by atoms with van der Waals surface area (Å²) in [6.07, 6.45) is 0.628. The highest BCUT2D eigenvalue weighted by Gasteiger charge is 2.13. The lowest BCUT2D eigenvalue weighted by Crippen LogP contribution is -2.16. The van der Waals surface area contributed by atoms with Crippen molar-refractivity contribution in [3.8, 4) is 0 Å². The monoisotopic (exact) mass is 351 g/mol. The summed E-state index contributed by atoms with van der Waals surface area (Å²) in [5.41, 5.74) is 7.86. The number of ketones is 1. The number of carbonyl (C=O) groups excluding carboxylic acids is 1. The van der Waals surface area contributed by atoms with Crippen LogP contribution >= 0.6 is 27.5 Å². The van der Waals surface area contributed by atoms with E-state index in [4.69, 9.17) is 17.3 Å². The summed E-state index contributed by atoms with van der Waals surface area (Å²) in [4.78, 5) is 12.1. The van der Waals surface area contributed by atoms with Gasteiger partial charge in [-0.3, -0.25) is 4.79 Å². The molecule has 2 aromatic carbocycles. The Bertz CT molecular complexity index is 601. The molecule has 0 spiro atoms. The molecule has 2 aromatic rings. The lowest BCUT2D eigenvalue weighted by Gasteiger charge is -2.11. The van der Waals surface area contributed by atoms with E-state index in [-0.39, 0.29) is 11.8 Å². The van der Waals surface area contributed by atoms with Crippen molar-refractivity contribution in [2.45, 2.75) is 18.9 Å². The molecule has 0 saturated carbocycles. The number of nitrogens with two attached hydrogens (primary N) is 1. The van der Waals surface area contributed by atoms with Gasteiger partial charge in [-0.15, -0.1) is 0 Å². The minimum absolute atomic E-state index is 0.0885. The highest BCUT2D eigenvalue weighted by atomic mass is 79.9. The molecule has 0 aliphatic heterocycles. The molecule has 0 heterocycles. The molecule has 0 fully saturated rings. The molecule has 20 heavy (non-hydrogen) atoms. The van der Waals surface area contributed by atoms with Gasteiger partial charge in [-0.25, -0.2) is 0 Å². The van der Waals surface area contributed by atoms with Gasteiger partial charge in [0, 0.05) is 28.4 Å². The summed E-state index contributed by atoms with van der Waals surface area (Å²) in [5.74, 6) is 0.0885. The van der Waals surface area contributed by atoms with E-state index in [9.17, 15) is 4.79 Å². The molecule has 2 rings (SSSR count). The Morgan fingerprint density at radius 3 is 2.55 bits per heavy atom. The van der Waals surface area contributed by atoms with Crippen LogP contribution in [-0.4, -0.2) is 5.78 Å². The van der Waals surface area contributed by atoms with Crippen molar-refractivity contribution in [2.24, 2.45) is 5.73 Å². The third-order valence-corrected chi connectivity index (χ3v) is 3.92. The molecule has 0 aromatic heterocycles. The summed E-state index contributed by atoms with van der Waals surface area (Å²) in [7, 11) is 0. The molecular weight excluding hydrogens is 338 g/mol. The van der Waals surface area contributed by atoms with E-state index in [0.717, 1.165) is 15.6 Å². The Hall–Kier alpha value is -1.16. The van der Waals surface area contributed by atoms with Gasteiger partial charge >= 0.3 is 0 Å².